The van der Waals surface area contributed by atoms with Crippen LogP contribution in [0.15, 0.2) is 16.8 Å². The Morgan fingerprint density at radius 3 is 2.88 bits per heavy atom. The molecule has 2 atom stereocenters. The number of nitrogens with zero attached hydrogens (tertiary/aromatic N) is 4. The minimum absolute atomic E-state index is 0. The van der Waals surface area contributed by atoms with Gasteiger partial charge in [-0.05, 0) is 25.7 Å². The molecule has 1 aliphatic heterocycles. The zero-order valence-corrected chi connectivity index (χ0v) is 15.0. The molecule has 8 heteroatoms. The molecule has 0 aromatic carbocycles. The van der Waals surface area contributed by atoms with Gasteiger partial charge in [0.2, 0.25) is 5.89 Å². The summed E-state index contributed by atoms with van der Waals surface area (Å²) in [6.45, 7) is 5.16. The zero-order valence-electron chi connectivity index (χ0n) is 14.2. The molecule has 1 aliphatic rings. The number of hydrogen-bond acceptors (Lipinski definition) is 5. The van der Waals surface area contributed by atoms with Crippen molar-refractivity contribution < 1.29 is 9.21 Å². The van der Waals surface area contributed by atoms with Crippen molar-refractivity contribution in [2.45, 2.75) is 32.7 Å². The van der Waals surface area contributed by atoms with Gasteiger partial charge in [-0.1, -0.05) is 6.92 Å². The van der Waals surface area contributed by atoms with E-state index in [4.69, 9.17) is 10.2 Å². The van der Waals surface area contributed by atoms with E-state index in [1.165, 1.54) is 0 Å². The number of halogens is 1. The normalized spacial score (nSPS) is 20.8. The van der Waals surface area contributed by atoms with Crippen LogP contribution in [0.3, 0.4) is 0 Å². The Kier molecular flexibility index (Phi) is 5.66. The molecule has 1 amide bonds. The first-order valence-electron chi connectivity index (χ1n) is 7.97. The van der Waals surface area contributed by atoms with Gasteiger partial charge in [-0.3, -0.25) is 9.48 Å². The van der Waals surface area contributed by atoms with E-state index in [2.05, 4.69) is 17.0 Å². The third-order valence-corrected chi connectivity index (χ3v) is 4.46. The maximum atomic E-state index is 12.9. The summed E-state index contributed by atoms with van der Waals surface area (Å²) in [5.41, 5.74) is 6.99. The number of carbonyl (C=O) groups is 1. The monoisotopic (exact) mass is 353 g/mol. The smallest absolute Gasteiger partial charge is 0.276 e. The van der Waals surface area contributed by atoms with Crippen molar-refractivity contribution >= 4 is 18.3 Å². The number of amides is 1. The standard InChI is InChI=1S/C16H23N5O2.ClH/c1-10-4-5-21(13(6-10)7-17)16(22)14-11(2)23-15(19-14)12-8-18-20(3)9-12;/h8-10,13H,4-7,17H2,1-3H3;1H. The van der Waals surface area contributed by atoms with Crippen LogP contribution in [-0.2, 0) is 7.05 Å². The van der Waals surface area contributed by atoms with Gasteiger partial charge in [-0.15, -0.1) is 12.4 Å². The van der Waals surface area contributed by atoms with Crippen molar-refractivity contribution in [1.82, 2.24) is 19.7 Å². The summed E-state index contributed by atoms with van der Waals surface area (Å²) in [5, 5.41) is 4.11. The molecule has 7 nitrogen and oxygen atoms in total. The van der Waals surface area contributed by atoms with E-state index in [-0.39, 0.29) is 24.4 Å². The molecule has 2 unspecified atom stereocenters. The summed E-state index contributed by atoms with van der Waals surface area (Å²) >= 11 is 0. The number of piperidine rings is 1. The van der Waals surface area contributed by atoms with Gasteiger partial charge in [-0.2, -0.15) is 5.10 Å². The Balaban J connectivity index is 0.00000208. The molecule has 24 heavy (non-hydrogen) atoms. The number of oxazole rings is 1. The highest BCUT2D eigenvalue weighted by atomic mass is 35.5. The van der Waals surface area contributed by atoms with Gasteiger partial charge in [0.05, 0.1) is 11.8 Å². The van der Waals surface area contributed by atoms with Crippen LogP contribution in [0.5, 0.6) is 0 Å². The molecule has 0 saturated carbocycles. The van der Waals surface area contributed by atoms with Gasteiger partial charge in [0, 0.05) is 32.4 Å². The molecule has 3 rings (SSSR count). The highest BCUT2D eigenvalue weighted by Crippen LogP contribution is 2.26. The Morgan fingerprint density at radius 1 is 1.50 bits per heavy atom. The van der Waals surface area contributed by atoms with Gasteiger partial charge < -0.3 is 15.1 Å². The third kappa shape index (κ3) is 3.47. The SMILES string of the molecule is Cc1oc(-c2cnn(C)c2)nc1C(=O)N1CCC(C)CC1CN.Cl. The second kappa shape index (κ2) is 7.36. The molecule has 1 saturated heterocycles. The minimum atomic E-state index is -0.0938. The number of nitrogens with two attached hydrogens (primary N) is 1. The Hall–Kier alpha value is -1.86. The van der Waals surface area contributed by atoms with Crippen molar-refractivity contribution in [3.8, 4) is 11.5 Å². The molecular formula is C16H24ClN5O2. The van der Waals surface area contributed by atoms with Gasteiger partial charge in [0.15, 0.2) is 5.69 Å². The van der Waals surface area contributed by atoms with Crippen molar-refractivity contribution in [2.75, 3.05) is 13.1 Å². The molecular weight excluding hydrogens is 330 g/mol. The fraction of sp³-hybridized carbons (Fsp3) is 0.562. The van der Waals surface area contributed by atoms with E-state index in [1.807, 2.05) is 18.1 Å². The van der Waals surface area contributed by atoms with E-state index >= 15 is 0 Å². The quantitative estimate of drug-likeness (QED) is 0.911. The van der Waals surface area contributed by atoms with E-state index < -0.39 is 0 Å². The lowest BCUT2D eigenvalue weighted by Crippen LogP contribution is -2.49. The number of carbonyl (C=O) groups excluding carboxylic acids is 1. The first-order valence-corrected chi connectivity index (χ1v) is 7.97. The van der Waals surface area contributed by atoms with Crippen molar-refractivity contribution in [2.24, 2.45) is 18.7 Å². The molecule has 2 N–H and O–H groups in total. The fourth-order valence-corrected chi connectivity index (χ4v) is 3.13. The molecule has 2 aromatic heterocycles. The maximum Gasteiger partial charge on any atom is 0.276 e. The topological polar surface area (TPSA) is 90.2 Å². The lowest BCUT2D eigenvalue weighted by Gasteiger charge is -2.37. The van der Waals surface area contributed by atoms with Crippen molar-refractivity contribution in [3.05, 3.63) is 23.8 Å². The van der Waals surface area contributed by atoms with Crippen LogP contribution in [0.2, 0.25) is 0 Å². The van der Waals surface area contributed by atoms with Crippen LogP contribution in [0.1, 0.15) is 36.0 Å². The van der Waals surface area contributed by atoms with Gasteiger partial charge >= 0.3 is 0 Å². The van der Waals surface area contributed by atoms with Crippen LogP contribution >= 0.6 is 12.4 Å². The van der Waals surface area contributed by atoms with Gasteiger partial charge in [-0.25, -0.2) is 4.98 Å². The number of rotatable bonds is 3. The van der Waals surface area contributed by atoms with E-state index in [0.29, 0.717) is 29.8 Å². The predicted molar refractivity (Wildman–Crippen MR) is 93.0 cm³/mol. The second-order valence-corrected chi connectivity index (χ2v) is 6.34. The summed E-state index contributed by atoms with van der Waals surface area (Å²) in [5.74, 6) is 1.46. The Morgan fingerprint density at radius 2 is 2.25 bits per heavy atom. The third-order valence-electron chi connectivity index (χ3n) is 4.46. The molecule has 3 heterocycles. The van der Waals surface area contributed by atoms with Crippen LogP contribution in [-0.4, -0.2) is 44.7 Å². The summed E-state index contributed by atoms with van der Waals surface area (Å²) in [7, 11) is 1.83. The Labute approximate surface area is 147 Å². The molecule has 0 bridgehead atoms. The molecule has 0 aliphatic carbocycles. The van der Waals surface area contributed by atoms with Crippen LogP contribution in [0.4, 0.5) is 0 Å². The zero-order chi connectivity index (χ0) is 16.6. The van der Waals surface area contributed by atoms with Gasteiger partial charge in [0.25, 0.3) is 5.91 Å². The molecule has 132 valence electrons. The maximum absolute atomic E-state index is 12.9. The number of likely N-dealkylation sites (tertiary alicyclic amines) is 1. The lowest BCUT2D eigenvalue weighted by atomic mass is 9.92. The van der Waals surface area contributed by atoms with Crippen LogP contribution in [0, 0.1) is 12.8 Å². The lowest BCUT2D eigenvalue weighted by molar-refractivity contribution is 0.0566. The summed E-state index contributed by atoms with van der Waals surface area (Å²) < 4.78 is 7.35. The summed E-state index contributed by atoms with van der Waals surface area (Å²) in [6, 6.07) is 0.0733. The number of hydrogen-bond donors (Lipinski definition) is 1. The van der Waals surface area contributed by atoms with Crippen molar-refractivity contribution in [3.63, 3.8) is 0 Å². The predicted octanol–water partition coefficient (Wildman–Crippen LogP) is 2.00. The Bertz CT molecular complexity index is 711. The number of aromatic nitrogens is 3. The van der Waals surface area contributed by atoms with Crippen LogP contribution < -0.4 is 5.73 Å². The fourth-order valence-electron chi connectivity index (χ4n) is 3.13. The molecule has 0 radical (unpaired) electrons. The summed E-state index contributed by atoms with van der Waals surface area (Å²) in [6.07, 6.45) is 5.42. The molecule has 0 spiro atoms. The van der Waals surface area contributed by atoms with E-state index in [0.717, 1.165) is 24.9 Å². The molecule has 1 fully saturated rings. The van der Waals surface area contributed by atoms with Crippen molar-refractivity contribution in [1.29, 1.82) is 0 Å². The highest BCUT2D eigenvalue weighted by Gasteiger charge is 2.32. The highest BCUT2D eigenvalue weighted by molar-refractivity contribution is 5.94. The first kappa shape index (κ1) is 18.5. The average molecular weight is 354 g/mol. The first-order chi connectivity index (χ1) is 11.0. The average Bonchev–Trinajstić information content (AvgIpc) is 3.12. The van der Waals surface area contributed by atoms with E-state index in [1.54, 1.807) is 17.8 Å². The second-order valence-electron chi connectivity index (χ2n) is 6.34. The van der Waals surface area contributed by atoms with Gasteiger partial charge in [0.1, 0.15) is 5.76 Å². The molecule has 2 aromatic rings. The van der Waals surface area contributed by atoms with Crippen LogP contribution in [0.25, 0.3) is 11.5 Å². The minimum Gasteiger partial charge on any atom is -0.440 e. The number of aryl methyl sites for hydroxylation is 2. The van der Waals surface area contributed by atoms with E-state index in [9.17, 15) is 4.79 Å². The summed E-state index contributed by atoms with van der Waals surface area (Å²) in [4.78, 5) is 19.1. The largest absolute Gasteiger partial charge is 0.440 e.